The molecule has 0 unspecified atom stereocenters. The Morgan fingerprint density at radius 2 is 1.52 bits per heavy atom. The van der Waals surface area contributed by atoms with E-state index in [2.05, 4.69) is 37.7 Å². The van der Waals surface area contributed by atoms with E-state index in [1.165, 1.54) is 6.21 Å². The van der Waals surface area contributed by atoms with E-state index >= 15 is 0 Å². The maximum Gasteiger partial charge on any atom is 0.257 e. The fourth-order valence-corrected chi connectivity index (χ4v) is 3.93. The SMILES string of the molecule is CC(C)c1cccc(C(C)C)c1N=CC(=O)c1c(Cl)c(Cl)[nH]c(=O)c1-c1ccccc1. The molecule has 0 bridgehead atoms. The molecule has 4 nitrogen and oxygen atoms in total. The number of ketones is 1. The number of aromatic nitrogens is 1. The molecule has 1 N–H and O–H groups in total. The van der Waals surface area contributed by atoms with Gasteiger partial charge >= 0.3 is 0 Å². The van der Waals surface area contributed by atoms with Crippen LogP contribution >= 0.6 is 23.2 Å². The molecule has 0 fully saturated rings. The second-order valence-corrected chi connectivity index (χ2v) is 8.67. The Morgan fingerprint density at radius 3 is 2.06 bits per heavy atom. The fourth-order valence-electron chi connectivity index (χ4n) is 3.51. The van der Waals surface area contributed by atoms with Crippen LogP contribution < -0.4 is 5.56 Å². The van der Waals surface area contributed by atoms with Crippen molar-refractivity contribution in [3.05, 3.63) is 85.8 Å². The summed E-state index contributed by atoms with van der Waals surface area (Å²) in [6.45, 7) is 8.34. The van der Waals surface area contributed by atoms with Crippen molar-refractivity contribution in [2.24, 2.45) is 4.99 Å². The van der Waals surface area contributed by atoms with Gasteiger partial charge in [0.25, 0.3) is 5.56 Å². The molecule has 0 saturated carbocycles. The summed E-state index contributed by atoms with van der Waals surface area (Å²) in [5, 5.41) is -0.0775. The van der Waals surface area contributed by atoms with Gasteiger partial charge in [0.05, 0.1) is 28.1 Å². The van der Waals surface area contributed by atoms with Crippen LogP contribution in [0.5, 0.6) is 0 Å². The second-order valence-electron chi connectivity index (χ2n) is 7.92. The Bertz CT molecular complexity index is 1170. The number of nitrogens with zero attached hydrogens (tertiary/aromatic N) is 1. The molecular formula is C25H24Cl2N2O2. The molecule has 0 saturated heterocycles. The zero-order chi connectivity index (χ0) is 22.7. The van der Waals surface area contributed by atoms with Crippen LogP contribution in [0.4, 0.5) is 5.69 Å². The van der Waals surface area contributed by atoms with Crippen molar-refractivity contribution in [1.82, 2.24) is 4.98 Å². The lowest BCUT2D eigenvalue weighted by Gasteiger charge is -2.16. The third-order valence-corrected chi connectivity index (χ3v) is 5.83. The van der Waals surface area contributed by atoms with Gasteiger partial charge in [0.2, 0.25) is 5.78 Å². The number of carbonyl (C=O) groups excluding carboxylic acids is 1. The highest BCUT2D eigenvalue weighted by molar-refractivity contribution is 6.48. The Labute approximate surface area is 192 Å². The molecule has 0 spiro atoms. The number of H-pyrrole nitrogens is 1. The van der Waals surface area contributed by atoms with Crippen LogP contribution in [0.2, 0.25) is 10.2 Å². The summed E-state index contributed by atoms with van der Waals surface area (Å²) < 4.78 is 0. The van der Waals surface area contributed by atoms with Gasteiger partial charge in [-0.25, -0.2) is 0 Å². The van der Waals surface area contributed by atoms with Crippen LogP contribution in [0.25, 0.3) is 11.1 Å². The van der Waals surface area contributed by atoms with Gasteiger partial charge in [-0.15, -0.1) is 0 Å². The van der Waals surface area contributed by atoms with E-state index in [4.69, 9.17) is 23.2 Å². The van der Waals surface area contributed by atoms with Gasteiger partial charge in [0.15, 0.2) is 0 Å². The van der Waals surface area contributed by atoms with Crippen molar-refractivity contribution in [2.45, 2.75) is 39.5 Å². The van der Waals surface area contributed by atoms with Crippen LogP contribution in [0.3, 0.4) is 0 Å². The van der Waals surface area contributed by atoms with E-state index in [-0.39, 0.29) is 33.1 Å². The maximum atomic E-state index is 13.3. The number of hydrogen-bond acceptors (Lipinski definition) is 3. The minimum atomic E-state index is -0.484. The largest absolute Gasteiger partial charge is 0.311 e. The number of hydrogen-bond donors (Lipinski definition) is 1. The van der Waals surface area contributed by atoms with Gasteiger partial charge in [-0.3, -0.25) is 14.6 Å². The number of Topliss-reactive ketones (excluding diaryl/α,β-unsaturated/α-hetero) is 1. The average molecular weight is 455 g/mol. The molecule has 1 heterocycles. The molecule has 160 valence electrons. The third-order valence-electron chi connectivity index (χ3n) is 5.07. The molecule has 0 aliphatic rings. The first kappa shape index (κ1) is 23.0. The number of nitrogens with one attached hydrogen (secondary N) is 1. The third kappa shape index (κ3) is 4.81. The van der Waals surface area contributed by atoms with Crippen molar-refractivity contribution in [3.8, 4) is 11.1 Å². The molecule has 2 aromatic carbocycles. The lowest BCUT2D eigenvalue weighted by atomic mass is 9.93. The molecule has 1 aromatic heterocycles. The summed E-state index contributed by atoms with van der Waals surface area (Å²) in [7, 11) is 0. The summed E-state index contributed by atoms with van der Waals surface area (Å²) in [5.74, 6) is -0.0120. The molecule has 0 radical (unpaired) electrons. The number of halogens is 2. The normalized spacial score (nSPS) is 11.6. The predicted octanol–water partition coefficient (Wildman–Crippen LogP) is 7.18. The van der Waals surface area contributed by atoms with Gasteiger partial charge in [-0.05, 0) is 28.5 Å². The van der Waals surface area contributed by atoms with Gasteiger partial charge in [0, 0.05) is 0 Å². The van der Waals surface area contributed by atoms with E-state index in [1.807, 2.05) is 24.3 Å². The first-order valence-electron chi connectivity index (χ1n) is 10.1. The van der Waals surface area contributed by atoms with Crippen LogP contribution in [0.15, 0.2) is 58.3 Å². The number of benzene rings is 2. The monoisotopic (exact) mass is 454 g/mol. The highest BCUT2D eigenvalue weighted by Gasteiger charge is 2.22. The minimum absolute atomic E-state index is 0.00204. The van der Waals surface area contributed by atoms with E-state index in [0.717, 1.165) is 16.8 Å². The quantitative estimate of drug-likeness (QED) is 0.243. The lowest BCUT2D eigenvalue weighted by molar-refractivity contribution is 0.107. The van der Waals surface area contributed by atoms with Crippen molar-refractivity contribution >= 4 is 40.9 Å². The van der Waals surface area contributed by atoms with Gasteiger partial charge in [0.1, 0.15) is 5.15 Å². The Balaban J connectivity index is 2.17. The highest BCUT2D eigenvalue weighted by Crippen LogP contribution is 2.35. The Morgan fingerprint density at radius 1 is 0.935 bits per heavy atom. The number of para-hydroxylation sites is 1. The molecule has 0 atom stereocenters. The molecule has 6 heteroatoms. The summed E-state index contributed by atoms with van der Waals surface area (Å²) >= 11 is 12.5. The smallest absolute Gasteiger partial charge is 0.257 e. The van der Waals surface area contributed by atoms with Crippen LogP contribution in [0, 0.1) is 0 Å². The van der Waals surface area contributed by atoms with Crippen LogP contribution in [-0.4, -0.2) is 17.0 Å². The molecule has 0 aliphatic carbocycles. The summed E-state index contributed by atoms with van der Waals surface area (Å²) in [6, 6.07) is 14.9. The standard InChI is InChI=1S/C25H24Cl2N2O2/c1-14(2)17-11-8-12-18(15(3)4)23(17)28-13-19(30)21-20(16-9-6-5-7-10-16)25(31)29-24(27)22(21)26/h5-15H,1-4H3,(H,29,31). The number of aliphatic imine (C=N–C) groups is 1. The second kappa shape index (κ2) is 9.63. The van der Waals surface area contributed by atoms with Crippen molar-refractivity contribution in [3.63, 3.8) is 0 Å². The zero-order valence-corrected chi connectivity index (χ0v) is 19.4. The first-order valence-corrected chi connectivity index (χ1v) is 10.9. The summed E-state index contributed by atoms with van der Waals surface area (Å²) in [4.78, 5) is 33.0. The molecule has 3 rings (SSSR count). The van der Waals surface area contributed by atoms with E-state index in [1.54, 1.807) is 24.3 Å². The molecule has 0 aliphatic heterocycles. The topological polar surface area (TPSA) is 62.3 Å². The van der Waals surface area contributed by atoms with Crippen LogP contribution in [0.1, 0.15) is 61.0 Å². The van der Waals surface area contributed by atoms with E-state index in [0.29, 0.717) is 5.56 Å². The Kier molecular flexibility index (Phi) is 7.14. The fraction of sp³-hybridized carbons (Fsp3) is 0.240. The minimum Gasteiger partial charge on any atom is -0.311 e. The number of aromatic amines is 1. The molecule has 0 amide bonds. The molecule has 31 heavy (non-hydrogen) atoms. The maximum absolute atomic E-state index is 13.3. The van der Waals surface area contributed by atoms with E-state index in [9.17, 15) is 9.59 Å². The van der Waals surface area contributed by atoms with E-state index < -0.39 is 11.3 Å². The predicted molar refractivity (Wildman–Crippen MR) is 130 cm³/mol. The van der Waals surface area contributed by atoms with Gasteiger partial charge < -0.3 is 4.98 Å². The molecular weight excluding hydrogens is 431 g/mol. The van der Waals surface area contributed by atoms with Crippen molar-refractivity contribution in [2.75, 3.05) is 0 Å². The lowest BCUT2D eigenvalue weighted by Crippen LogP contribution is -2.17. The highest BCUT2D eigenvalue weighted by atomic mass is 35.5. The summed E-state index contributed by atoms with van der Waals surface area (Å²) in [5.41, 5.74) is 3.18. The zero-order valence-electron chi connectivity index (χ0n) is 17.9. The number of pyridine rings is 1. The average Bonchev–Trinajstić information content (AvgIpc) is 2.74. The van der Waals surface area contributed by atoms with Crippen LogP contribution in [-0.2, 0) is 0 Å². The van der Waals surface area contributed by atoms with Gasteiger partial charge in [-0.2, -0.15) is 0 Å². The van der Waals surface area contributed by atoms with Crippen molar-refractivity contribution < 1.29 is 4.79 Å². The first-order chi connectivity index (χ1) is 14.7. The number of carbonyl (C=O) groups is 1. The number of rotatable bonds is 6. The van der Waals surface area contributed by atoms with Crippen molar-refractivity contribution in [1.29, 1.82) is 0 Å². The van der Waals surface area contributed by atoms with Gasteiger partial charge in [-0.1, -0.05) is 99.4 Å². The molecule has 3 aromatic rings. The summed E-state index contributed by atoms with van der Waals surface area (Å²) in [6.07, 6.45) is 1.23. The Hall–Kier alpha value is -2.69.